The van der Waals surface area contributed by atoms with Gasteiger partial charge >= 0.3 is 6.18 Å². The Morgan fingerprint density at radius 1 is 1.14 bits per heavy atom. The van der Waals surface area contributed by atoms with Gasteiger partial charge in [0.15, 0.2) is 11.7 Å². The van der Waals surface area contributed by atoms with Crippen LogP contribution in [0.2, 0.25) is 0 Å². The number of aliphatic imine (C=N–C) groups is 2. The number of aryl methyl sites for hydroxylation is 1. The van der Waals surface area contributed by atoms with E-state index >= 15 is 0 Å². The van der Waals surface area contributed by atoms with Gasteiger partial charge in [0.1, 0.15) is 12.2 Å². The second kappa shape index (κ2) is 8.88. The van der Waals surface area contributed by atoms with Crippen LogP contribution >= 0.6 is 0 Å². The number of halogens is 3. The second-order valence-corrected chi connectivity index (χ2v) is 10.5. The zero-order valence-corrected chi connectivity index (χ0v) is 20.3. The van der Waals surface area contributed by atoms with E-state index in [4.69, 9.17) is 10.1 Å². The lowest BCUT2D eigenvalue weighted by Crippen LogP contribution is -2.42. The molecule has 0 radical (unpaired) electrons. The molecule has 0 spiro atoms. The number of fused-ring (bicyclic) bond motifs is 2. The lowest BCUT2D eigenvalue weighted by atomic mass is 10.1. The van der Waals surface area contributed by atoms with Crippen molar-refractivity contribution >= 4 is 38.3 Å². The van der Waals surface area contributed by atoms with E-state index in [1.54, 1.807) is 41.5 Å². The average Bonchev–Trinajstić information content (AvgIpc) is 3.47. The molecular formula is C23H22F3N7O3S. The maximum Gasteiger partial charge on any atom is 0.416 e. The number of hydrogen-bond donors (Lipinski definition) is 2. The summed E-state index contributed by atoms with van der Waals surface area (Å²) in [5, 5.41) is 5.86. The molecule has 2 aromatic heterocycles. The van der Waals surface area contributed by atoms with E-state index in [-0.39, 0.29) is 31.1 Å². The zero-order valence-electron chi connectivity index (χ0n) is 19.5. The molecule has 0 unspecified atom stereocenters. The Labute approximate surface area is 209 Å². The van der Waals surface area contributed by atoms with Crippen molar-refractivity contribution in [2.24, 2.45) is 22.2 Å². The fourth-order valence-corrected chi connectivity index (χ4v) is 4.72. The molecule has 3 N–H and O–H groups in total. The zero-order chi connectivity index (χ0) is 26.5. The van der Waals surface area contributed by atoms with Gasteiger partial charge in [0.2, 0.25) is 10.0 Å². The van der Waals surface area contributed by atoms with Crippen molar-refractivity contribution < 1.29 is 21.6 Å². The van der Waals surface area contributed by atoms with Crippen LogP contribution in [0, 0.1) is 0 Å². The third kappa shape index (κ3) is 4.89. The minimum Gasteiger partial charge on any atom is -0.357 e. The molecule has 0 atom stereocenters. The van der Waals surface area contributed by atoms with Crippen molar-refractivity contribution in [3.05, 3.63) is 76.0 Å². The number of aromatic amines is 1. The van der Waals surface area contributed by atoms with E-state index in [9.17, 15) is 26.4 Å². The molecule has 2 aliphatic rings. The molecule has 194 valence electrons. The highest BCUT2D eigenvalue weighted by atomic mass is 32.2. The van der Waals surface area contributed by atoms with Crippen LogP contribution in [0.15, 0.2) is 63.7 Å². The Balaban J connectivity index is 1.53. The van der Waals surface area contributed by atoms with Crippen molar-refractivity contribution in [2.75, 3.05) is 19.0 Å². The summed E-state index contributed by atoms with van der Waals surface area (Å²) < 4.78 is 63.6. The van der Waals surface area contributed by atoms with Gasteiger partial charge in [-0.25, -0.2) is 23.5 Å². The summed E-state index contributed by atoms with van der Waals surface area (Å²) in [6.07, 6.45) is 0.508. The monoisotopic (exact) mass is 533 g/mol. The van der Waals surface area contributed by atoms with Crippen LogP contribution < -0.4 is 10.7 Å². The Kier molecular flexibility index (Phi) is 5.95. The van der Waals surface area contributed by atoms with Crippen molar-refractivity contribution in [1.29, 1.82) is 0 Å². The number of aromatic nitrogens is 2. The highest BCUT2D eigenvalue weighted by Crippen LogP contribution is 2.31. The Hall–Kier alpha value is -3.91. The van der Waals surface area contributed by atoms with Gasteiger partial charge < -0.3 is 19.4 Å². The van der Waals surface area contributed by atoms with Crippen molar-refractivity contribution in [1.82, 2.24) is 19.4 Å². The number of sulfonamides is 1. The van der Waals surface area contributed by atoms with E-state index in [0.717, 1.165) is 12.1 Å². The molecule has 4 heterocycles. The molecule has 1 aromatic carbocycles. The van der Waals surface area contributed by atoms with Crippen molar-refractivity contribution in [3.63, 3.8) is 0 Å². The number of nitrogens with two attached hydrogens (primary N) is 1. The molecule has 0 aliphatic carbocycles. The summed E-state index contributed by atoms with van der Waals surface area (Å²) >= 11 is 0. The summed E-state index contributed by atoms with van der Waals surface area (Å²) in [5.41, 5.74) is 1.15. The summed E-state index contributed by atoms with van der Waals surface area (Å²) in [4.78, 5) is 28.2. The predicted octanol–water partition coefficient (Wildman–Crippen LogP) is 2.06. The van der Waals surface area contributed by atoms with E-state index in [1.165, 1.54) is 16.7 Å². The predicted molar refractivity (Wildman–Crippen MR) is 133 cm³/mol. The number of H-pyrrole nitrogens is 1. The van der Waals surface area contributed by atoms with Crippen LogP contribution in [0.3, 0.4) is 0 Å². The lowest BCUT2D eigenvalue weighted by Gasteiger charge is -2.28. The molecule has 2 aliphatic heterocycles. The number of nitrogens with one attached hydrogen (secondary N) is 1. The number of pyridine rings is 1. The average molecular weight is 534 g/mol. The third-order valence-corrected chi connectivity index (χ3v) is 6.86. The largest absolute Gasteiger partial charge is 0.416 e. The van der Waals surface area contributed by atoms with Crippen LogP contribution in [-0.4, -0.2) is 58.4 Å². The van der Waals surface area contributed by atoms with Gasteiger partial charge in [0.05, 0.1) is 17.0 Å². The highest BCUT2D eigenvalue weighted by Gasteiger charge is 2.33. The Morgan fingerprint density at radius 2 is 1.86 bits per heavy atom. The van der Waals surface area contributed by atoms with Crippen LogP contribution in [-0.2, 0) is 29.8 Å². The first kappa shape index (κ1) is 24.8. The molecule has 0 amide bonds. The van der Waals surface area contributed by atoms with Crippen LogP contribution in [0.25, 0.3) is 16.6 Å². The third-order valence-electron chi connectivity index (χ3n) is 6.11. The van der Waals surface area contributed by atoms with Gasteiger partial charge in [-0.2, -0.15) is 13.2 Å². The van der Waals surface area contributed by atoms with E-state index < -0.39 is 21.8 Å². The maximum absolute atomic E-state index is 13.0. The van der Waals surface area contributed by atoms with E-state index in [1.807, 2.05) is 0 Å². The normalized spacial score (nSPS) is 16.1. The molecule has 0 saturated heterocycles. The van der Waals surface area contributed by atoms with Crippen molar-refractivity contribution in [2.45, 2.75) is 12.7 Å². The van der Waals surface area contributed by atoms with Gasteiger partial charge in [-0.05, 0) is 23.8 Å². The van der Waals surface area contributed by atoms with Crippen LogP contribution in [0.5, 0.6) is 0 Å². The number of hydrogen-bond acceptors (Lipinski definition) is 7. The van der Waals surface area contributed by atoms with E-state index in [2.05, 4.69) is 9.98 Å². The van der Waals surface area contributed by atoms with Gasteiger partial charge in [0, 0.05) is 49.7 Å². The second-order valence-electron chi connectivity index (χ2n) is 8.75. The van der Waals surface area contributed by atoms with E-state index in [0.29, 0.717) is 39.4 Å². The lowest BCUT2D eigenvalue weighted by molar-refractivity contribution is -0.137. The molecule has 0 fully saturated rings. The molecule has 3 aromatic rings. The first-order valence-electron chi connectivity index (χ1n) is 11.1. The number of benzene rings is 1. The molecule has 0 saturated carbocycles. The smallest absolute Gasteiger partial charge is 0.357 e. The number of nitrogens with zero attached hydrogens (tertiary/aromatic N) is 5. The molecule has 5 rings (SSSR count). The minimum absolute atomic E-state index is 0.0103. The first-order chi connectivity index (χ1) is 17.4. The molecule has 0 bridgehead atoms. The number of alkyl halides is 3. The highest BCUT2D eigenvalue weighted by molar-refractivity contribution is 7.89. The fourth-order valence-electron chi connectivity index (χ4n) is 4.27. The molecule has 10 nitrogen and oxygen atoms in total. The van der Waals surface area contributed by atoms with Crippen molar-refractivity contribution in [3.8, 4) is 0 Å². The first-order valence-corrected chi connectivity index (χ1v) is 12.8. The summed E-state index contributed by atoms with van der Waals surface area (Å²) in [5.74, 6) is 0.522. The SMILES string of the molecule is Cn1cc(C2=CN(CCS(N)(=O)=O)C3=NCN(Cc4ccc(C(F)(F)F)cc4)C3=N2)c2cc[nH]c2c1=O. The standard InChI is InChI=1S/C23H22F3N7O3S/c1-31-11-17(16-6-7-28-19(16)22(31)34)18-12-32(8-9-37(27,35)36)20-21(30-18)33(13-29-20)10-14-2-4-15(5-3-14)23(24,25)26/h2-7,11-12,28H,8-10,13H2,1H3,(H2,27,35,36). The molecule has 37 heavy (non-hydrogen) atoms. The van der Waals surface area contributed by atoms with Gasteiger partial charge in [0.25, 0.3) is 5.56 Å². The number of rotatable bonds is 6. The topological polar surface area (TPSA) is 129 Å². The van der Waals surface area contributed by atoms with Gasteiger partial charge in [-0.3, -0.25) is 4.79 Å². The Bertz CT molecular complexity index is 1630. The quantitative estimate of drug-likeness (QED) is 0.501. The number of amidine groups is 2. The summed E-state index contributed by atoms with van der Waals surface area (Å²) in [7, 11) is -2.16. The van der Waals surface area contributed by atoms with Crippen LogP contribution in [0.1, 0.15) is 16.7 Å². The van der Waals surface area contributed by atoms with Crippen LogP contribution in [0.4, 0.5) is 13.2 Å². The van der Waals surface area contributed by atoms with Gasteiger partial charge in [-0.15, -0.1) is 0 Å². The maximum atomic E-state index is 13.0. The number of primary sulfonamides is 1. The summed E-state index contributed by atoms with van der Waals surface area (Å²) in [6.45, 7) is 0.415. The fraction of sp³-hybridized carbons (Fsp3) is 0.261. The van der Waals surface area contributed by atoms with Gasteiger partial charge in [-0.1, -0.05) is 12.1 Å². The summed E-state index contributed by atoms with van der Waals surface area (Å²) in [6, 6.07) is 6.59. The Morgan fingerprint density at radius 3 is 2.54 bits per heavy atom. The minimum atomic E-state index is -4.43. The molecule has 14 heteroatoms. The molecular weight excluding hydrogens is 511 g/mol.